The summed E-state index contributed by atoms with van der Waals surface area (Å²) in [5.41, 5.74) is 1.15. The highest BCUT2D eigenvalue weighted by atomic mass is 32.1. The lowest BCUT2D eigenvalue weighted by Gasteiger charge is -2.05. The Morgan fingerprint density at radius 3 is 2.89 bits per heavy atom. The molecule has 3 rings (SSSR count). The molecule has 4 nitrogen and oxygen atoms in total. The lowest BCUT2D eigenvalue weighted by Crippen LogP contribution is -2.00. The first-order valence-corrected chi connectivity index (χ1v) is 7.20. The third-order valence-electron chi connectivity index (χ3n) is 2.64. The van der Waals surface area contributed by atoms with Gasteiger partial charge in [0.05, 0.1) is 5.39 Å². The molecule has 0 amide bonds. The second-order valence-electron chi connectivity index (χ2n) is 3.70. The molecule has 6 heteroatoms. The molecule has 0 radical (unpaired) electrons. The molecular weight excluding hydrogens is 266 g/mol. The first kappa shape index (κ1) is 11.6. The Morgan fingerprint density at radius 2 is 2.22 bits per heavy atom. The minimum Gasteiger partial charge on any atom is -0.388 e. The van der Waals surface area contributed by atoms with Crippen molar-refractivity contribution in [2.24, 2.45) is 0 Å². The van der Waals surface area contributed by atoms with Crippen LogP contribution in [0.15, 0.2) is 22.9 Å². The molecular formula is C12H11N3OS2. The largest absolute Gasteiger partial charge is 0.388 e. The van der Waals surface area contributed by atoms with E-state index in [1.165, 1.54) is 4.88 Å². The maximum absolute atomic E-state index is 9.16. The van der Waals surface area contributed by atoms with Gasteiger partial charge in [-0.2, -0.15) is 0 Å². The standard InChI is InChI=1S/C12H11N3OS2/c1-13-11-10-7(8-3-2-4-17-8)6-18-12(10)15-9(5-16)14-11/h2-4,6,16H,5H2,1H3,(H,13,14,15). The van der Waals surface area contributed by atoms with Crippen LogP contribution >= 0.6 is 22.7 Å². The van der Waals surface area contributed by atoms with Crippen LogP contribution in [0, 0.1) is 0 Å². The minimum absolute atomic E-state index is 0.142. The summed E-state index contributed by atoms with van der Waals surface area (Å²) in [7, 11) is 1.83. The second-order valence-corrected chi connectivity index (χ2v) is 5.51. The van der Waals surface area contributed by atoms with Crippen molar-refractivity contribution in [3.63, 3.8) is 0 Å². The normalized spacial score (nSPS) is 11.0. The van der Waals surface area contributed by atoms with Gasteiger partial charge in [-0.1, -0.05) is 6.07 Å². The minimum atomic E-state index is -0.142. The van der Waals surface area contributed by atoms with Gasteiger partial charge >= 0.3 is 0 Å². The van der Waals surface area contributed by atoms with E-state index in [2.05, 4.69) is 32.1 Å². The summed E-state index contributed by atoms with van der Waals surface area (Å²) in [6.07, 6.45) is 0. The van der Waals surface area contributed by atoms with Gasteiger partial charge in [-0.25, -0.2) is 9.97 Å². The monoisotopic (exact) mass is 277 g/mol. The molecule has 0 fully saturated rings. The van der Waals surface area contributed by atoms with Crippen molar-refractivity contribution in [3.05, 3.63) is 28.7 Å². The van der Waals surface area contributed by atoms with E-state index in [4.69, 9.17) is 5.11 Å². The first-order chi connectivity index (χ1) is 8.83. The Morgan fingerprint density at radius 1 is 1.33 bits per heavy atom. The van der Waals surface area contributed by atoms with E-state index in [0.29, 0.717) is 5.82 Å². The number of hydrogen-bond acceptors (Lipinski definition) is 6. The molecule has 0 aromatic carbocycles. The predicted molar refractivity (Wildman–Crippen MR) is 76.2 cm³/mol. The van der Waals surface area contributed by atoms with Crippen LogP contribution in [0.2, 0.25) is 0 Å². The zero-order valence-electron chi connectivity index (χ0n) is 9.67. The molecule has 0 spiro atoms. The average molecular weight is 277 g/mol. The van der Waals surface area contributed by atoms with E-state index in [-0.39, 0.29) is 6.61 Å². The molecule has 0 aliphatic rings. The molecule has 0 saturated carbocycles. The summed E-state index contributed by atoms with van der Waals surface area (Å²) in [5, 5.41) is 17.4. The molecule has 0 saturated heterocycles. The Labute approximate surface area is 112 Å². The van der Waals surface area contributed by atoms with Crippen molar-refractivity contribution in [3.8, 4) is 10.4 Å². The van der Waals surface area contributed by atoms with E-state index in [0.717, 1.165) is 21.6 Å². The summed E-state index contributed by atoms with van der Waals surface area (Å²) in [4.78, 5) is 10.8. The number of fused-ring (bicyclic) bond motifs is 1. The van der Waals surface area contributed by atoms with Crippen molar-refractivity contribution in [2.75, 3.05) is 12.4 Å². The van der Waals surface area contributed by atoms with Crippen LogP contribution < -0.4 is 5.32 Å². The Bertz CT molecular complexity index is 676. The zero-order valence-corrected chi connectivity index (χ0v) is 11.3. The van der Waals surface area contributed by atoms with Crippen LogP contribution in [0.3, 0.4) is 0 Å². The Balaban J connectivity index is 2.30. The van der Waals surface area contributed by atoms with E-state index in [1.807, 2.05) is 13.1 Å². The molecule has 92 valence electrons. The third kappa shape index (κ3) is 1.78. The van der Waals surface area contributed by atoms with Crippen LogP contribution in [-0.4, -0.2) is 22.1 Å². The van der Waals surface area contributed by atoms with Crippen LogP contribution in [0.5, 0.6) is 0 Å². The molecule has 0 unspecified atom stereocenters. The summed E-state index contributed by atoms with van der Waals surface area (Å²) in [6, 6.07) is 4.12. The highest BCUT2D eigenvalue weighted by Gasteiger charge is 2.14. The average Bonchev–Trinajstić information content (AvgIpc) is 3.05. The summed E-state index contributed by atoms with van der Waals surface area (Å²) >= 11 is 3.27. The summed E-state index contributed by atoms with van der Waals surface area (Å²) < 4.78 is 0. The molecule has 3 aromatic rings. The van der Waals surface area contributed by atoms with Gasteiger partial charge in [0.15, 0.2) is 5.82 Å². The number of thiophene rings is 2. The number of hydrogen-bond donors (Lipinski definition) is 2. The third-order valence-corrected chi connectivity index (χ3v) is 4.42. The van der Waals surface area contributed by atoms with Crippen LogP contribution in [0.4, 0.5) is 5.82 Å². The quantitative estimate of drug-likeness (QED) is 0.773. The Hall–Kier alpha value is -1.50. The highest BCUT2D eigenvalue weighted by Crippen LogP contribution is 2.38. The molecule has 18 heavy (non-hydrogen) atoms. The smallest absolute Gasteiger partial charge is 0.157 e. The number of aromatic nitrogens is 2. The van der Waals surface area contributed by atoms with Gasteiger partial charge in [0.1, 0.15) is 17.3 Å². The van der Waals surface area contributed by atoms with Crippen molar-refractivity contribution < 1.29 is 5.11 Å². The highest BCUT2D eigenvalue weighted by molar-refractivity contribution is 7.18. The SMILES string of the molecule is CNc1nc(CO)nc2scc(-c3cccs3)c12. The topological polar surface area (TPSA) is 58.0 Å². The predicted octanol–water partition coefficient (Wildman–Crippen LogP) is 2.95. The van der Waals surface area contributed by atoms with Gasteiger partial charge in [0.2, 0.25) is 0 Å². The van der Waals surface area contributed by atoms with Gasteiger partial charge in [-0.15, -0.1) is 22.7 Å². The summed E-state index contributed by atoms with van der Waals surface area (Å²) in [5.74, 6) is 1.22. The van der Waals surface area contributed by atoms with E-state index in [9.17, 15) is 0 Å². The number of anilines is 1. The van der Waals surface area contributed by atoms with Gasteiger partial charge < -0.3 is 10.4 Å². The van der Waals surface area contributed by atoms with E-state index in [1.54, 1.807) is 22.7 Å². The maximum atomic E-state index is 9.16. The second kappa shape index (κ2) is 4.64. The van der Waals surface area contributed by atoms with Crippen LogP contribution in [-0.2, 0) is 6.61 Å². The number of aliphatic hydroxyl groups is 1. The number of rotatable bonds is 3. The van der Waals surface area contributed by atoms with E-state index < -0.39 is 0 Å². The van der Waals surface area contributed by atoms with Gasteiger partial charge in [-0.3, -0.25) is 0 Å². The lowest BCUT2D eigenvalue weighted by molar-refractivity contribution is 0.272. The van der Waals surface area contributed by atoms with Crippen LogP contribution in [0.25, 0.3) is 20.7 Å². The van der Waals surface area contributed by atoms with Crippen molar-refractivity contribution in [1.82, 2.24) is 9.97 Å². The van der Waals surface area contributed by atoms with Crippen molar-refractivity contribution in [1.29, 1.82) is 0 Å². The van der Waals surface area contributed by atoms with Gasteiger partial charge in [-0.05, 0) is 11.4 Å². The van der Waals surface area contributed by atoms with Gasteiger partial charge in [0, 0.05) is 22.9 Å². The molecule has 0 atom stereocenters. The Kier molecular flexibility index (Phi) is 2.99. The summed E-state index contributed by atoms with van der Waals surface area (Å²) in [6.45, 7) is -0.142. The molecule has 3 heterocycles. The van der Waals surface area contributed by atoms with Crippen molar-refractivity contribution in [2.45, 2.75) is 6.61 Å². The molecule has 0 bridgehead atoms. The van der Waals surface area contributed by atoms with E-state index >= 15 is 0 Å². The number of nitrogens with zero attached hydrogens (tertiary/aromatic N) is 2. The fourth-order valence-corrected chi connectivity index (χ4v) is 3.63. The molecule has 3 aromatic heterocycles. The fraction of sp³-hybridized carbons (Fsp3) is 0.167. The number of aliphatic hydroxyl groups excluding tert-OH is 1. The zero-order chi connectivity index (χ0) is 12.5. The molecule has 0 aliphatic carbocycles. The van der Waals surface area contributed by atoms with Gasteiger partial charge in [0.25, 0.3) is 0 Å². The fourth-order valence-electron chi connectivity index (χ4n) is 1.85. The number of nitrogens with one attached hydrogen (secondary N) is 1. The molecule has 2 N–H and O–H groups in total. The van der Waals surface area contributed by atoms with Crippen LogP contribution in [0.1, 0.15) is 5.82 Å². The molecule has 0 aliphatic heterocycles. The van der Waals surface area contributed by atoms with Crippen molar-refractivity contribution >= 4 is 38.7 Å². The maximum Gasteiger partial charge on any atom is 0.157 e. The lowest BCUT2D eigenvalue weighted by atomic mass is 10.2. The first-order valence-electron chi connectivity index (χ1n) is 5.44.